The van der Waals surface area contributed by atoms with E-state index in [1.54, 1.807) is 12.8 Å². The molecule has 0 aromatic heterocycles. The summed E-state index contributed by atoms with van der Waals surface area (Å²) in [5.41, 5.74) is 11.5. The number of fused-ring (bicyclic) bond motifs is 2. The average Bonchev–Trinajstić information content (AvgIpc) is 3.66. The fraction of sp³-hybridized carbons (Fsp3) is 0.400. The minimum absolute atomic E-state index is 0. The summed E-state index contributed by atoms with van der Waals surface area (Å²) >= 11 is -1.84. The molecule has 1 fully saturated rings. The van der Waals surface area contributed by atoms with Crippen molar-refractivity contribution < 1.29 is 47.1 Å². The van der Waals surface area contributed by atoms with Crippen LogP contribution in [0.3, 0.4) is 0 Å². The predicted octanol–water partition coefficient (Wildman–Crippen LogP) is 8.47. The SMILES string of the molecule is COc1ccc2c(c1)CCC21[CH-]N(C2=C(C(C)C)C=CC(C)C2C(C)C)C(C)(C)C1.[Cl][Ru]([Cl])=[CH]c1ccccc1C[NH+](Cc1ccccc1)Cc1ccccc1.[I-]. The second-order valence-corrected chi connectivity index (χ2v) is 23.1. The van der Waals surface area contributed by atoms with Crippen molar-refractivity contribution in [2.75, 3.05) is 7.11 Å². The number of quaternary nitrogens is 1. The Morgan fingerprint density at radius 3 is 2.07 bits per heavy atom. The van der Waals surface area contributed by atoms with Crippen LogP contribution >= 0.6 is 19.4 Å². The molecular formula is C50H62Cl2IN2ORu-. The van der Waals surface area contributed by atoms with E-state index in [1.807, 2.05) is 4.61 Å². The summed E-state index contributed by atoms with van der Waals surface area (Å²) in [6, 6.07) is 36.5. The Balaban J connectivity index is 0.000000216. The van der Waals surface area contributed by atoms with Crippen LogP contribution in [0.15, 0.2) is 127 Å². The largest absolute Gasteiger partial charge is 1.00 e. The first kappa shape index (κ1) is 45.8. The second-order valence-electron chi connectivity index (χ2n) is 17.4. The van der Waals surface area contributed by atoms with Crippen molar-refractivity contribution in [2.45, 2.75) is 98.3 Å². The Morgan fingerprint density at radius 1 is 0.877 bits per heavy atom. The summed E-state index contributed by atoms with van der Waals surface area (Å²) in [6.07, 6.45) is 8.40. The molecule has 308 valence electrons. The molecule has 3 unspecified atom stereocenters. The van der Waals surface area contributed by atoms with Gasteiger partial charge in [0, 0.05) is 11.5 Å². The minimum Gasteiger partial charge on any atom is -1.00 e. The number of likely N-dealkylation sites (tertiary alicyclic amines) is 1. The van der Waals surface area contributed by atoms with Crippen LogP contribution in [0.5, 0.6) is 5.75 Å². The maximum absolute atomic E-state index is 6.13. The zero-order valence-corrected chi connectivity index (χ0v) is 40.4. The Kier molecular flexibility index (Phi) is 16.3. The van der Waals surface area contributed by atoms with E-state index in [0.29, 0.717) is 23.7 Å². The third-order valence-corrected chi connectivity index (χ3v) is 13.9. The Labute approximate surface area is 374 Å². The van der Waals surface area contributed by atoms with Gasteiger partial charge in [-0.3, -0.25) is 0 Å². The standard InChI is InChI=1S/C28H40NO.C22H21N.2ClH.HI.Ru/c1-18(2)23-11-9-20(5)25(19(3)4)26(23)29-17-28(16-27(29,6)7)14-13-21-15-22(30-8)10-12-24(21)28;1-19-10-8-9-15-22(19)18-23(16-20-11-4-2-5-12-20)17-21-13-6-3-7-14-21;;;;/h9-12,15,17-20,25H,13-14,16H2,1-8H3;1-15H,16-18H2;3*1H;/q-1;;;;;+2/p-2. The second kappa shape index (κ2) is 20.3. The van der Waals surface area contributed by atoms with Gasteiger partial charge in [-0.15, -0.1) is 5.41 Å². The van der Waals surface area contributed by atoms with Gasteiger partial charge in [0.05, 0.1) is 7.11 Å². The van der Waals surface area contributed by atoms with Gasteiger partial charge in [0.15, 0.2) is 0 Å². The van der Waals surface area contributed by atoms with E-state index >= 15 is 0 Å². The monoisotopic (exact) mass is 1010 g/mol. The van der Waals surface area contributed by atoms with Crippen molar-refractivity contribution in [3.8, 4) is 5.75 Å². The van der Waals surface area contributed by atoms with E-state index in [1.165, 1.54) is 56.7 Å². The number of ether oxygens (including phenoxy) is 1. The number of benzene rings is 4. The van der Waals surface area contributed by atoms with Crippen LogP contribution in [-0.4, -0.2) is 22.2 Å². The zero-order valence-electron chi connectivity index (χ0n) is 35.0. The number of hydrogen-bond donors (Lipinski definition) is 1. The fourth-order valence-electron chi connectivity index (χ4n) is 9.64. The molecule has 3 atom stereocenters. The van der Waals surface area contributed by atoms with Crippen LogP contribution in [0.1, 0.15) is 94.7 Å². The number of allylic oxidation sites excluding steroid dienone is 4. The first-order valence-corrected chi connectivity index (χ1v) is 25.9. The van der Waals surface area contributed by atoms with Crippen molar-refractivity contribution in [2.24, 2.45) is 23.7 Å². The van der Waals surface area contributed by atoms with Gasteiger partial charge in [-0.05, 0) is 73.4 Å². The molecule has 0 radical (unpaired) electrons. The van der Waals surface area contributed by atoms with Gasteiger partial charge in [-0.25, -0.2) is 6.54 Å². The topological polar surface area (TPSA) is 16.9 Å². The molecule has 0 amide bonds. The molecule has 4 aromatic carbocycles. The van der Waals surface area contributed by atoms with Crippen molar-refractivity contribution >= 4 is 24.0 Å². The maximum atomic E-state index is 6.13. The van der Waals surface area contributed by atoms with Crippen LogP contribution in [0, 0.1) is 30.2 Å². The van der Waals surface area contributed by atoms with E-state index in [-0.39, 0.29) is 34.9 Å². The van der Waals surface area contributed by atoms with Gasteiger partial charge in [-0.2, -0.15) is 0 Å². The van der Waals surface area contributed by atoms with E-state index in [0.717, 1.165) is 31.8 Å². The van der Waals surface area contributed by atoms with Crippen molar-refractivity contribution in [1.82, 2.24) is 4.90 Å². The van der Waals surface area contributed by atoms with Gasteiger partial charge in [0.25, 0.3) is 0 Å². The summed E-state index contributed by atoms with van der Waals surface area (Å²) in [5, 5.41) is 0. The molecule has 1 heterocycles. The predicted molar refractivity (Wildman–Crippen MR) is 235 cm³/mol. The molecule has 1 saturated heterocycles. The Bertz CT molecular complexity index is 1980. The average molecular weight is 1010 g/mol. The number of methoxy groups -OCH3 is 1. The fourth-order valence-corrected chi connectivity index (χ4v) is 11.5. The molecule has 0 bridgehead atoms. The van der Waals surface area contributed by atoms with Crippen LogP contribution in [-0.2, 0) is 45.0 Å². The van der Waals surface area contributed by atoms with Crippen LogP contribution < -0.4 is 33.6 Å². The summed E-state index contributed by atoms with van der Waals surface area (Å²) in [5.74, 6) is 3.27. The molecule has 57 heavy (non-hydrogen) atoms. The van der Waals surface area contributed by atoms with E-state index < -0.39 is 13.5 Å². The first-order valence-electron chi connectivity index (χ1n) is 20.4. The number of halogens is 3. The minimum atomic E-state index is -1.84. The molecule has 2 aliphatic carbocycles. The molecule has 7 heteroatoms. The molecule has 1 aliphatic heterocycles. The quantitative estimate of drug-likeness (QED) is 0.0924. The van der Waals surface area contributed by atoms with Crippen molar-refractivity contribution in [3.05, 3.63) is 166 Å². The molecule has 3 nitrogen and oxygen atoms in total. The van der Waals surface area contributed by atoms with Gasteiger partial charge < -0.3 is 33.6 Å². The number of hydrogen-bond acceptors (Lipinski definition) is 2. The maximum Gasteiger partial charge on any atom is -1.00 e. The van der Waals surface area contributed by atoms with E-state index in [4.69, 9.17) is 24.1 Å². The molecular weight excluding hydrogens is 943 g/mol. The first-order chi connectivity index (χ1) is 26.8. The van der Waals surface area contributed by atoms with E-state index in [2.05, 4.69) is 175 Å². The van der Waals surface area contributed by atoms with Gasteiger partial charge in [-0.1, -0.05) is 64.8 Å². The Hall–Kier alpha value is -2.28. The van der Waals surface area contributed by atoms with Crippen LogP contribution in [0.2, 0.25) is 0 Å². The molecule has 3 aliphatic rings. The summed E-state index contributed by atoms with van der Waals surface area (Å²) in [7, 11) is 14.0. The third-order valence-electron chi connectivity index (χ3n) is 12.1. The van der Waals surface area contributed by atoms with Gasteiger partial charge in [0.2, 0.25) is 0 Å². The van der Waals surface area contributed by atoms with Crippen LogP contribution in [0.25, 0.3) is 0 Å². The zero-order chi connectivity index (χ0) is 40.0. The number of rotatable bonds is 11. The molecule has 7 rings (SSSR count). The van der Waals surface area contributed by atoms with Crippen molar-refractivity contribution in [1.29, 1.82) is 0 Å². The summed E-state index contributed by atoms with van der Waals surface area (Å²) < 4.78 is 7.55. The summed E-state index contributed by atoms with van der Waals surface area (Å²) in [4.78, 5) is 4.21. The third kappa shape index (κ3) is 11.1. The molecule has 4 aromatic rings. The number of nitrogens with one attached hydrogen (secondary N) is 1. The molecule has 0 saturated carbocycles. The molecule has 1 spiro atoms. The summed E-state index contributed by atoms with van der Waals surface area (Å²) in [6.45, 7) is 22.3. The Morgan fingerprint density at radius 2 is 1.49 bits per heavy atom. The normalized spacial score (nSPS) is 21.1. The van der Waals surface area contributed by atoms with Gasteiger partial charge in [0.1, 0.15) is 5.75 Å². The smallest absolute Gasteiger partial charge is 1.00 e. The van der Waals surface area contributed by atoms with Crippen molar-refractivity contribution in [3.63, 3.8) is 0 Å². The number of nitrogens with zero attached hydrogens (tertiary/aromatic N) is 1. The van der Waals surface area contributed by atoms with E-state index in [9.17, 15) is 0 Å². The number of aryl methyl sites for hydroxylation is 1. The molecule has 1 N–H and O–H groups in total. The van der Waals surface area contributed by atoms with Gasteiger partial charge >= 0.3 is 169 Å². The van der Waals surface area contributed by atoms with Crippen LogP contribution in [0.4, 0.5) is 0 Å².